The average molecular weight is 249 g/mol. The van der Waals surface area contributed by atoms with Crippen LogP contribution in [0.25, 0.3) is 0 Å². The SMILES string of the molecule is CCOC(CN(C)CCOCCOC)OCC. The molecule has 5 nitrogen and oxygen atoms in total. The van der Waals surface area contributed by atoms with Crippen LogP contribution in [0.2, 0.25) is 0 Å². The molecule has 0 aromatic carbocycles. The number of ether oxygens (including phenoxy) is 4. The molecule has 0 unspecified atom stereocenters. The predicted octanol–water partition coefficient (Wildman–Crippen LogP) is 0.980. The number of rotatable bonds is 12. The highest BCUT2D eigenvalue weighted by atomic mass is 16.7. The zero-order chi connectivity index (χ0) is 12.9. The molecule has 0 aromatic heterocycles. The molecule has 0 aliphatic rings. The summed E-state index contributed by atoms with van der Waals surface area (Å²) in [7, 11) is 3.70. The van der Waals surface area contributed by atoms with Crippen molar-refractivity contribution >= 4 is 0 Å². The van der Waals surface area contributed by atoms with Crippen molar-refractivity contribution in [1.29, 1.82) is 0 Å². The zero-order valence-electron chi connectivity index (χ0n) is 11.6. The second-order valence-electron chi connectivity index (χ2n) is 3.71. The van der Waals surface area contributed by atoms with Crippen LogP contribution >= 0.6 is 0 Å². The first-order valence-corrected chi connectivity index (χ1v) is 6.23. The maximum atomic E-state index is 5.47. The summed E-state index contributed by atoms with van der Waals surface area (Å²) in [6.45, 7) is 8.89. The van der Waals surface area contributed by atoms with Crippen LogP contribution in [0.3, 0.4) is 0 Å². The van der Waals surface area contributed by atoms with E-state index < -0.39 is 0 Å². The molecule has 0 aliphatic carbocycles. The van der Waals surface area contributed by atoms with Crippen molar-refractivity contribution in [2.75, 3.05) is 60.3 Å². The number of hydrogen-bond acceptors (Lipinski definition) is 5. The Morgan fingerprint density at radius 3 is 2.18 bits per heavy atom. The van der Waals surface area contributed by atoms with Crippen molar-refractivity contribution in [2.24, 2.45) is 0 Å². The fraction of sp³-hybridized carbons (Fsp3) is 1.00. The molecule has 17 heavy (non-hydrogen) atoms. The lowest BCUT2D eigenvalue weighted by Gasteiger charge is -2.23. The van der Waals surface area contributed by atoms with E-state index in [2.05, 4.69) is 4.90 Å². The molecule has 0 bridgehead atoms. The Morgan fingerprint density at radius 1 is 1.00 bits per heavy atom. The van der Waals surface area contributed by atoms with Gasteiger partial charge in [-0.25, -0.2) is 0 Å². The van der Waals surface area contributed by atoms with E-state index in [4.69, 9.17) is 18.9 Å². The van der Waals surface area contributed by atoms with Gasteiger partial charge >= 0.3 is 0 Å². The van der Waals surface area contributed by atoms with E-state index in [9.17, 15) is 0 Å². The summed E-state index contributed by atoms with van der Waals surface area (Å²) >= 11 is 0. The van der Waals surface area contributed by atoms with Crippen molar-refractivity contribution in [1.82, 2.24) is 4.90 Å². The molecule has 0 saturated heterocycles. The molecule has 0 N–H and O–H groups in total. The minimum atomic E-state index is -0.144. The smallest absolute Gasteiger partial charge is 0.170 e. The van der Waals surface area contributed by atoms with E-state index in [1.165, 1.54) is 0 Å². The largest absolute Gasteiger partial charge is 0.382 e. The Balaban J connectivity index is 3.55. The van der Waals surface area contributed by atoms with E-state index >= 15 is 0 Å². The number of likely N-dealkylation sites (N-methyl/N-ethyl adjacent to an activating group) is 1. The molecule has 0 heterocycles. The van der Waals surface area contributed by atoms with Crippen molar-refractivity contribution in [3.63, 3.8) is 0 Å². The first-order valence-electron chi connectivity index (χ1n) is 6.23. The van der Waals surface area contributed by atoms with E-state index in [0.29, 0.717) is 33.0 Å². The van der Waals surface area contributed by atoms with Crippen LogP contribution in [0.1, 0.15) is 13.8 Å². The van der Waals surface area contributed by atoms with Crippen LogP contribution in [0.15, 0.2) is 0 Å². The summed E-state index contributed by atoms with van der Waals surface area (Å²) in [6.07, 6.45) is -0.144. The van der Waals surface area contributed by atoms with Crippen LogP contribution in [0, 0.1) is 0 Å². The summed E-state index contributed by atoms with van der Waals surface area (Å²) in [5, 5.41) is 0. The highest BCUT2D eigenvalue weighted by Crippen LogP contribution is 1.98. The predicted molar refractivity (Wildman–Crippen MR) is 67.2 cm³/mol. The lowest BCUT2D eigenvalue weighted by molar-refractivity contribution is -0.146. The van der Waals surface area contributed by atoms with Gasteiger partial charge in [-0.3, -0.25) is 4.90 Å². The summed E-state index contributed by atoms with van der Waals surface area (Å²) in [6, 6.07) is 0. The van der Waals surface area contributed by atoms with Crippen LogP contribution in [0.5, 0.6) is 0 Å². The second kappa shape index (κ2) is 12.3. The lowest BCUT2D eigenvalue weighted by Crippen LogP contribution is -2.35. The Kier molecular flexibility index (Phi) is 12.1. The van der Waals surface area contributed by atoms with E-state index in [-0.39, 0.29) is 6.29 Å². The monoisotopic (exact) mass is 249 g/mol. The third-order valence-corrected chi connectivity index (χ3v) is 2.22. The van der Waals surface area contributed by atoms with Gasteiger partial charge in [0.05, 0.1) is 19.8 Å². The van der Waals surface area contributed by atoms with Gasteiger partial charge in [-0.1, -0.05) is 0 Å². The van der Waals surface area contributed by atoms with E-state index in [0.717, 1.165) is 13.1 Å². The minimum Gasteiger partial charge on any atom is -0.382 e. The molecule has 5 heteroatoms. The normalized spacial score (nSPS) is 11.6. The standard InChI is InChI=1S/C12H27NO4/c1-5-16-12(17-6-2)11-13(3)7-8-15-10-9-14-4/h12H,5-11H2,1-4H3. The van der Waals surface area contributed by atoms with Gasteiger partial charge in [-0.05, 0) is 20.9 Å². The molecule has 0 spiro atoms. The van der Waals surface area contributed by atoms with Gasteiger partial charge in [0.1, 0.15) is 0 Å². The molecule has 104 valence electrons. The van der Waals surface area contributed by atoms with Crippen molar-refractivity contribution in [3.8, 4) is 0 Å². The number of hydrogen-bond donors (Lipinski definition) is 0. The highest BCUT2D eigenvalue weighted by molar-refractivity contribution is 4.54. The van der Waals surface area contributed by atoms with Crippen molar-refractivity contribution in [2.45, 2.75) is 20.1 Å². The van der Waals surface area contributed by atoms with Gasteiger partial charge in [0.15, 0.2) is 6.29 Å². The summed E-state index contributed by atoms with van der Waals surface area (Å²) in [5.74, 6) is 0. The fourth-order valence-electron chi connectivity index (χ4n) is 1.34. The fourth-order valence-corrected chi connectivity index (χ4v) is 1.34. The van der Waals surface area contributed by atoms with Crippen LogP contribution < -0.4 is 0 Å². The van der Waals surface area contributed by atoms with Gasteiger partial charge in [0.2, 0.25) is 0 Å². The topological polar surface area (TPSA) is 40.2 Å². The van der Waals surface area contributed by atoms with Gasteiger partial charge in [0.25, 0.3) is 0 Å². The van der Waals surface area contributed by atoms with Crippen molar-refractivity contribution < 1.29 is 18.9 Å². The average Bonchev–Trinajstić information content (AvgIpc) is 2.29. The number of methoxy groups -OCH3 is 1. The molecule has 0 aromatic rings. The van der Waals surface area contributed by atoms with Crippen molar-refractivity contribution in [3.05, 3.63) is 0 Å². The Hall–Kier alpha value is -0.200. The molecule has 0 aliphatic heterocycles. The van der Waals surface area contributed by atoms with Gasteiger partial charge < -0.3 is 18.9 Å². The molecule has 0 rings (SSSR count). The van der Waals surface area contributed by atoms with E-state index in [1.54, 1.807) is 7.11 Å². The van der Waals surface area contributed by atoms with Gasteiger partial charge in [-0.15, -0.1) is 0 Å². The highest BCUT2D eigenvalue weighted by Gasteiger charge is 2.10. The maximum Gasteiger partial charge on any atom is 0.170 e. The van der Waals surface area contributed by atoms with Crippen LogP contribution in [0.4, 0.5) is 0 Å². The molecule has 0 fully saturated rings. The van der Waals surface area contributed by atoms with Gasteiger partial charge in [0, 0.05) is 33.4 Å². The molecule has 0 amide bonds. The third-order valence-electron chi connectivity index (χ3n) is 2.22. The second-order valence-corrected chi connectivity index (χ2v) is 3.71. The molecule has 0 atom stereocenters. The van der Waals surface area contributed by atoms with Gasteiger partial charge in [-0.2, -0.15) is 0 Å². The van der Waals surface area contributed by atoms with Crippen LogP contribution in [-0.4, -0.2) is 71.5 Å². The molecule has 0 radical (unpaired) electrons. The Morgan fingerprint density at radius 2 is 1.65 bits per heavy atom. The molecular formula is C12H27NO4. The minimum absolute atomic E-state index is 0.144. The molecular weight excluding hydrogens is 222 g/mol. The van der Waals surface area contributed by atoms with Crippen LogP contribution in [-0.2, 0) is 18.9 Å². The zero-order valence-corrected chi connectivity index (χ0v) is 11.6. The first kappa shape index (κ1) is 16.8. The summed E-state index contributed by atoms with van der Waals surface area (Å²) in [5.41, 5.74) is 0. The Labute approximate surface area is 105 Å². The maximum absolute atomic E-state index is 5.47. The number of nitrogens with zero attached hydrogens (tertiary/aromatic N) is 1. The Bertz CT molecular complexity index is 151. The summed E-state index contributed by atoms with van der Waals surface area (Å²) in [4.78, 5) is 2.14. The lowest BCUT2D eigenvalue weighted by atomic mass is 10.5. The van der Waals surface area contributed by atoms with E-state index in [1.807, 2.05) is 20.9 Å². The molecule has 0 saturated carbocycles. The first-order chi connectivity index (χ1) is 8.24. The third kappa shape index (κ3) is 10.7. The quantitative estimate of drug-likeness (QED) is 0.381. The summed E-state index contributed by atoms with van der Waals surface area (Å²) < 4.78 is 21.2.